The first-order valence-corrected chi connectivity index (χ1v) is 10.9. The lowest BCUT2D eigenvalue weighted by Gasteiger charge is -2.36. The summed E-state index contributed by atoms with van der Waals surface area (Å²) in [7, 11) is 0. The number of benzene rings is 3. The highest BCUT2D eigenvalue weighted by Gasteiger charge is 2.29. The van der Waals surface area contributed by atoms with E-state index in [1.54, 1.807) is 34.1 Å². The standard InChI is InChI=1S/C25H22ClF2N3O2/c1-16-6-11-22(21(14-16)29-24(32)23-19(27)4-2-5-20(23)28)31-13-3-12-30(25(31)33)15-17-7-9-18(26)10-8-17/h2,4-11,14H,3,12-13,15H2,1H3,(H,29,32). The Morgan fingerprint density at radius 2 is 1.73 bits per heavy atom. The third-order valence-electron chi connectivity index (χ3n) is 5.48. The molecule has 33 heavy (non-hydrogen) atoms. The van der Waals surface area contributed by atoms with Crippen molar-refractivity contribution in [2.45, 2.75) is 19.9 Å². The van der Waals surface area contributed by atoms with E-state index in [4.69, 9.17) is 11.6 Å². The minimum absolute atomic E-state index is 0.215. The summed E-state index contributed by atoms with van der Waals surface area (Å²) in [6.45, 7) is 3.29. The molecule has 0 bridgehead atoms. The van der Waals surface area contributed by atoms with Gasteiger partial charge in [0.15, 0.2) is 0 Å². The summed E-state index contributed by atoms with van der Waals surface area (Å²) < 4.78 is 28.2. The Bertz CT molecular complexity index is 1180. The molecule has 8 heteroatoms. The second kappa shape index (κ2) is 9.58. The quantitative estimate of drug-likeness (QED) is 0.497. The number of urea groups is 1. The summed E-state index contributed by atoms with van der Waals surface area (Å²) in [6.07, 6.45) is 0.725. The number of halogens is 3. The van der Waals surface area contributed by atoms with Crippen LogP contribution in [0, 0.1) is 18.6 Å². The number of carbonyl (C=O) groups is 2. The molecule has 4 rings (SSSR count). The zero-order valence-corrected chi connectivity index (χ0v) is 18.7. The number of hydrogen-bond acceptors (Lipinski definition) is 2. The largest absolute Gasteiger partial charge is 0.324 e. The Kier molecular flexibility index (Phi) is 6.60. The maximum absolute atomic E-state index is 14.1. The van der Waals surface area contributed by atoms with Crippen molar-refractivity contribution in [1.82, 2.24) is 4.90 Å². The Morgan fingerprint density at radius 3 is 2.42 bits per heavy atom. The van der Waals surface area contributed by atoms with Gasteiger partial charge in [-0.1, -0.05) is 35.9 Å². The highest BCUT2D eigenvalue weighted by molar-refractivity contribution is 6.30. The van der Waals surface area contributed by atoms with Crippen molar-refractivity contribution in [2.24, 2.45) is 0 Å². The van der Waals surface area contributed by atoms with Crippen LogP contribution < -0.4 is 10.2 Å². The van der Waals surface area contributed by atoms with Crippen LogP contribution in [0.25, 0.3) is 0 Å². The Labute approximate surface area is 195 Å². The molecule has 0 radical (unpaired) electrons. The number of rotatable bonds is 5. The predicted octanol–water partition coefficient (Wildman–Crippen LogP) is 6.01. The first kappa shape index (κ1) is 22.7. The minimum atomic E-state index is -0.954. The van der Waals surface area contributed by atoms with Crippen molar-refractivity contribution < 1.29 is 18.4 Å². The zero-order chi connectivity index (χ0) is 23.5. The highest BCUT2D eigenvalue weighted by atomic mass is 35.5. The van der Waals surface area contributed by atoms with Gasteiger partial charge < -0.3 is 10.2 Å². The molecule has 0 aromatic heterocycles. The summed E-state index contributed by atoms with van der Waals surface area (Å²) in [5, 5.41) is 3.21. The van der Waals surface area contributed by atoms with E-state index in [1.165, 1.54) is 6.07 Å². The normalized spacial score (nSPS) is 13.9. The van der Waals surface area contributed by atoms with Gasteiger partial charge in [0.25, 0.3) is 5.91 Å². The molecule has 3 aromatic carbocycles. The molecule has 1 heterocycles. The van der Waals surface area contributed by atoms with Gasteiger partial charge in [-0.2, -0.15) is 0 Å². The van der Waals surface area contributed by atoms with Gasteiger partial charge in [0, 0.05) is 24.7 Å². The summed E-state index contributed by atoms with van der Waals surface area (Å²) in [6, 6.07) is 15.6. The topological polar surface area (TPSA) is 52.6 Å². The van der Waals surface area contributed by atoms with E-state index >= 15 is 0 Å². The maximum Gasteiger partial charge on any atom is 0.324 e. The second-order valence-electron chi connectivity index (χ2n) is 7.91. The van der Waals surface area contributed by atoms with Crippen LogP contribution in [0.1, 0.15) is 27.9 Å². The van der Waals surface area contributed by atoms with E-state index in [-0.39, 0.29) is 6.03 Å². The average molecular weight is 470 g/mol. The van der Waals surface area contributed by atoms with Crippen molar-refractivity contribution in [3.05, 3.63) is 94.0 Å². The number of nitrogens with zero attached hydrogens (tertiary/aromatic N) is 2. The Hall–Kier alpha value is -3.45. The molecule has 0 aliphatic carbocycles. The molecular weight excluding hydrogens is 448 g/mol. The smallest absolute Gasteiger partial charge is 0.320 e. The highest BCUT2D eigenvalue weighted by Crippen LogP contribution is 2.31. The molecule has 1 N–H and O–H groups in total. The van der Waals surface area contributed by atoms with Crippen molar-refractivity contribution in [3.63, 3.8) is 0 Å². The lowest BCUT2D eigenvalue weighted by atomic mass is 10.1. The van der Waals surface area contributed by atoms with Crippen LogP contribution in [0.4, 0.5) is 25.0 Å². The molecule has 1 saturated heterocycles. The fraction of sp³-hybridized carbons (Fsp3) is 0.200. The van der Waals surface area contributed by atoms with Crippen molar-refractivity contribution in [2.75, 3.05) is 23.3 Å². The number of amides is 3. The van der Waals surface area contributed by atoms with Crippen molar-refractivity contribution in [1.29, 1.82) is 0 Å². The molecule has 3 amide bonds. The number of anilines is 2. The van der Waals surface area contributed by atoms with Crippen molar-refractivity contribution >= 4 is 34.9 Å². The van der Waals surface area contributed by atoms with E-state index in [0.717, 1.165) is 29.7 Å². The Balaban J connectivity index is 1.60. The molecular formula is C25H22ClF2N3O2. The second-order valence-corrected chi connectivity index (χ2v) is 8.34. The lowest BCUT2D eigenvalue weighted by molar-refractivity contribution is 0.101. The third kappa shape index (κ3) is 4.98. The lowest BCUT2D eigenvalue weighted by Crippen LogP contribution is -2.49. The first-order valence-electron chi connectivity index (χ1n) is 10.5. The molecule has 0 saturated carbocycles. The monoisotopic (exact) mass is 469 g/mol. The third-order valence-corrected chi connectivity index (χ3v) is 5.73. The van der Waals surface area contributed by atoms with Crippen LogP contribution >= 0.6 is 11.6 Å². The van der Waals surface area contributed by atoms with E-state index in [9.17, 15) is 18.4 Å². The molecule has 1 aliphatic heterocycles. The molecule has 170 valence electrons. The van der Waals surface area contributed by atoms with Crippen LogP contribution in [0.3, 0.4) is 0 Å². The van der Waals surface area contributed by atoms with Gasteiger partial charge in [-0.15, -0.1) is 0 Å². The van der Waals surface area contributed by atoms with Gasteiger partial charge in [0.05, 0.1) is 11.4 Å². The van der Waals surface area contributed by atoms with Gasteiger partial charge >= 0.3 is 6.03 Å². The molecule has 0 atom stereocenters. The number of nitrogens with one attached hydrogen (secondary N) is 1. The van der Waals surface area contributed by atoms with Crippen LogP contribution in [0.5, 0.6) is 0 Å². The first-order chi connectivity index (χ1) is 15.8. The average Bonchev–Trinajstić information content (AvgIpc) is 2.77. The predicted molar refractivity (Wildman–Crippen MR) is 125 cm³/mol. The van der Waals surface area contributed by atoms with Crippen LogP contribution in [0.2, 0.25) is 5.02 Å². The summed E-state index contributed by atoms with van der Waals surface area (Å²) in [4.78, 5) is 29.3. The van der Waals surface area contributed by atoms with Gasteiger partial charge in [0.2, 0.25) is 0 Å². The zero-order valence-electron chi connectivity index (χ0n) is 17.9. The Morgan fingerprint density at radius 1 is 1.03 bits per heavy atom. The molecule has 0 unspecified atom stereocenters. The van der Waals surface area contributed by atoms with E-state index < -0.39 is 23.1 Å². The van der Waals surface area contributed by atoms with Gasteiger partial charge in [-0.3, -0.25) is 9.69 Å². The summed E-state index contributed by atoms with van der Waals surface area (Å²) in [5.74, 6) is -2.82. The number of aryl methyl sites for hydroxylation is 1. The molecule has 3 aromatic rings. The van der Waals surface area contributed by atoms with Crippen LogP contribution in [-0.4, -0.2) is 29.9 Å². The number of carbonyl (C=O) groups excluding carboxylic acids is 2. The van der Waals surface area contributed by atoms with Crippen LogP contribution in [-0.2, 0) is 6.54 Å². The molecule has 0 spiro atoms. The summed E-state index contributed by atoms with van der Waals surface area (Å²) in [5.41, 5.74) is 1.88. The van der Waals surface area contributed by atoms with E-state index in [2.05, 4.69) is 5.32 Å². The molecule has 1 fully saturated rings. The number of hydrogen-bond donors (Lipinski definition) is 1. The van der Waals surface area contributed by atoms with Crippen LogP contribution in [0.15, 0.2) is 60.7 Å². The fourth-order valence-corrected chi connectivity index (χ4v) is 3.97. The van der Waals surface area contributed by atoms with Gasteiger partial charge in [-0.25, -0.2) is 13.6 Å². The maximum atomic E-state index is 14.1. The van der Waals surface area contributed by atoms with E-state index in [0.29, 0.717) is 36.0 Å². The SMILES string of the molecule is Cc1ccc(N2CCCN(Cc3ccc(Cl)cc3)C2=O)c(NC(=O)c2c(F)cccc2F)c1. The van der Waals surface area contributed by atoms with Gasteiger partial charge in [-0.05, 0) is 60.9 Å². The fourth-order valence-electron chi connectivity index (χ4n) is 3.85. The summed E-state index contributed by atoms with van der Waals surface area (Å²) >= 11 is 5.95. The van der Waals surface area contributed by atoms with E-state index in [1.807, 2.05) is 25.1 Å². The van der Waals surface area contributed by atoms with Crippen molar-refractivity contribution in [3.8, 4) is 0 Å². The molecule has 5 nitrogen and oxygen atoms in total. The van der Waals surface area contributed by atoms with Gasteiger partial charge in [0.1, 0.15) is 17.2 Å². The minimum Gasteiger partial charge on any atom is -0.320 e. The molecule has 1 aliphatic rings.